The fraction of sp³-hybridized carbons (Fsp3) is 0.444. The van der Waals surface area contributed by atoms with Crippen LogP contribution >= 0.6 is 0 Å². The molecule has 2 rings (SSSR count). The average Bonchev–Trinajstić information content (AvgIpc) is 2.44. The van der Waals surface area contributed by atoms with Gasteiger partial charge in [0, 0.05) is 13.1 Å². The maximum atomic E-state index is 11.3. The first-order chi connectivity index (χ1) is 7.25. The minimum Gasteiger partial charge on any atom is -0.382 e. The summed E-state index contributed by atoms with van der Waals surface area (Å²) in [6.07, 6.45) is 4.00. The molecular formula is C9H13N5O. The number of hydrogen-bond donors (Lipinski definition) is 2. The van der Waals surface area contributed by atoms with E-state index in [4.69, 9.17) is 5.73 Å². The van der Waals surface area contributed by atoms with Gasteiger partial charge in [0.2, 0.25) is 5.91 Å². The fourth-order valence-corrected chi connectivity index (χ4v) is 1.50. The molecule has 0 bridgehead atoms. The number of carbonyl (C=O) groups excluding carboxylic acids is 1. The van der Waals surface area contributed by atoms with Gasteiger partial charge >= 0.3 is 0 Å². The van der Waals surface area contributed by atoms with Gasteiger partial charge in [0.05, 0.1) is 18.9 Å². The predicted molar refractivity (Wildman–Crippen MR) is 56.3 cm³/mol. The lowest BCUT2D eigenvalue weighted by atomic mass is 10.4. The molecule has 0 aliphatic carbocycles. The molecule has 0 spiro atoms. The van der Waals surface area contributed by atoms with Gasteiger partial charge in [-0.3, -0.25) is 4.79 Å². The third kappa shape index (κ3) is 2.34. The lowest BCUT2D eigenvalue weighted by molar-refractivity contribution is -0.119. The molecule has 1 aliphatic heterocycles. The predicted octanol–water partition coefficient (Wildman–Crippen LogP) is -0.615. The monoisotopic (exact) mass is 207 g/mol. The van der Waals surface area contributed by atoms with Gasteiger partial charge in [-0.2, -0.15) is 0 Å². The number of nitrogens with two attached hydrogens (primary N) is 1. The van der Waals surface area contributed by atoms with Gasteiger partial charge in [-0.25, -0.2) is 9.97 Å². The van der Waals surface area contributed by atoms with Crippen LogP contribution in [0.3, 0.4) is 0 Å². The zero-order chi connectivity index (χ0) is 10.7. The molecule has 80 valence electrons. The smallest absolute Gasteiger partial charge is 0.239 e. The third-order valence-corrected chi connectivity index (χ3v) is 2.24. The van der Waals surface area contributed by atoms with E-state index in [1.807, 2.05) is 4.90 Å². The van der Waals surface area contributed by atoms with Crippen molar-refractivity contribution in [2.24, 2.45) is 0 Å². The number of anilines is 2. The zero-order valence-electron chi connectivity index (χ0n) is 8.31. The molecule has 0 radical (unpaired) electrons. The first kappa shape index (κ1) is 9.70. The first-order valence-corrected chi connectivity index (χ1v) is 4.85. The second-order valence-electron chi connectivity index (χ2n) is 3.42. The van der Waals surface area contributed by atoms with E-state index in [9.17, 15) is 4.79 Å². The van der Waals surface area contributed by atoms with E-state index in [2.05, 4.69) is 15.3 Å². The van der Waals surface area contributed by atoms with Crippen molar-refractivity contribution in [3.8, 4) is 0 Å². The minimum atomic E-state index is 0.0196. The van der Waals surface area contributed by atoms with Crippen molar-refractivity contribution in [3.63, 3.8) is 0 Å². The molecule has 2 heterocycles. The number of nitrogen functional groups attached to an aromatic ring is 1. The van der Waals surface area contributed by atoms with Crippen LogP contribution in [0.1, 0.15) is 6.42 Å². The van der Waals surface area contributed by atoms with Gasteiger partial charge in [-0.15, -0.1) is 0 Å². The molecule has 6 nitrogen and oxygen atoms in total. The minimum absolute atomic E-state index is 0.0196. The van der Waals surface area contributed by atoms with Crippen LogP contribution in [0.5, 0.6) is 0 Å². The largest absolute Gasteiger partial charge is 0.382 e. The van der Waals surface area contributed by atoms with Crippen LogP contribution in [0.15, 0.2) is 12.4 Å². The first-order valence-electron chi connectivity index (χ1n) is 4.85. The summed E-state index contributed by atoms with van der Waals surface area (Å²) >= 11 is 0. The van der Waals surface area contributed by atoms with Gasteiger partial charge in [0.25, 0.3) is 0 Å². The summed E-state index contributed by atoms with van der Waals surface area (Å²) in [4.78, 5) is 21.3. The van der Waals surface area contributed by atoms with Crippen LogP contribution in [0, 0.1) is 0 Å². The van der Waals surface area contributed by atoms with Crippen LogP contribution in [0.25, 0.3) is 0 Å². The van der Waals surface area contributed by atoms with Gasteiger partial charge in [0.1, 0.15) is 11.6 Å². The summed E-state index contributed by atoms with van der Waals surface area (Å²) in [6.45, 7) is 1.85. The SMILES string of the molecule is Nc1cnc(N2CCCNC(=O)C2)cn1. The number of hydrogen-bond acceptors (Lipinski definition) is 5. The van der Waals surface area contributed by atoms with Crippen molar-refractivity contribution >= 4 is 17.5 Å². The Hall–Kier alpha value is -1.85. The van der Waals surface area contributed by atoms with E-state index in [0.29, 0.717) is 18.2 Å². The average molecular weight is 207 g/mol. The Kier molecular flexibility index (Phi) is 2.66. The van der Waals surface area contributed by atoms with Gasteiger partial charge in [0.15, 0.2) is 0 Å². The second-order valence-corrected chi connectivity index (χ2v) is 3.42. The number of nitrogens with one attached hydrogen (secondary N) is 1. The van der Waals surface area contributed by atoms with Crippen molar-refractivity contribution in [3.05, 3.63) is 12.4 Å². The molecule has 1 aromatic heterocycles. The number of nitrogens with zero attached hydrogens (tertiary/aromatic N) is 3. The molecular weight excluding hydrogens is 194 g/mol. The Morgan fingerprint density at radius 1 is 1.40 bits per heavy atom. The Labute approximate surface area is 87.5 Å². The second kappa shape index (κ2) is 4.12. The van der Waals surface area contributed by atoms with E-state index in [0.717, 1.165) is 19.5 Å². The van der Waals surface area contributed by atoms with Gasteiger partial charge in [-0.1, -0.05) is 0 Å². The molecule has 0 unspecified atom stereocenters. The van der Waals surface area contributed by atoms with E-state index >= 15 is 0 Å². The maximum Gasteiger partial charge on any atom is 0.239 e. The quantitative estimate of drug-likeness (QED) is 0.641. The summed E-state index contributed by atoms with van der Waals surface area (Å²) in [5, 5.41) is 2.80. The number of amides is 1. The van der Waals surface area contributed by atoms with Crippen molar-refractivity contribution in [1.82, 2.24) is 15.3 Å². The molecule has 0 atom stereocenters. The zero-order valence-corrected chi connectivity index (χ0v) is 8.31. The Morgan fingerprint density at radius 3 is 3.00 bits per heavy atom. The summed E-state index contributed by atoms with van der Waals surface area (Å²) in [5.41, 5.74) is 5.44. The van der Waals surface area contributed by atoms with Crippen molar-refractivity contribution in [2.45, 2.75) is 6.42 Å². The highest BCUT2D eigenvalue weighted by Crippen LogP contribution is 2.10. The maximum absolute atomic E-state index is 11.3. The van der Waals surface area contributed by atoms with Crippen LogP contribution in [-0.4, -0.2) is 35.5 Å². The van der Waals surface area contributed by atoms with Crippen LogP contribution in [-0.2, 0) is 4.79 Å². The molecule has 15 heavy (non-hydrogen) atoms. The van der Waals surface area contributed by atoms with E-state index < -0.39 is 0 Å². The Bertz CT molecular complexity index is 350. The van der Waals surface area contributed by atoms with Crippen molar-refractivity contribution in [1.29, 1.82) is 0 Å². The molecule has 1 amide bonds. The lowest BCUT2D eigenvalue weighted by Crippen LogP contribution is -2.33. The van der Waals surface area contributed by atoms with Crippen LogP contribution in [0.2, 0.25) is 0 Å². The lowest BCUT2D eigenvalue weighted by Gasteiger charge is -2.19. The van der Waals surface area contributed by atoms with Gasteiger partial charge in [-0.05, 0) is 6.42 Å². The summed E-state index contributed by atoms with van der Waals surface area (Å²) < 4.78 is 0. The van der Waals surface area contributed by atoms with Crippen molar-refractivity contribution < 1.29 is 4.79 Å². The topological polar surface area (TPSA) is 84.1 Å². The number of aromatic nitrogens is 2. The highest BCUT2D eigenvalue weighted by Gasteiger charge is 2.15. The highest BCUT2D eigenvalue weighted by molar-refractivity contribution is 5.81. The van der Waals surface area contributed by atoms with Crippen LogP contribution < -0.4 is 16.0 Å². The fourth-order valence-electron chi connectivity index (χ4n) is 1.50. The summed E-state index contributed by atoms with van der Waals surface area (Å²) in [5.74, 6) is 1.10. The Balaban J connectivity index is 2.14. The number of carbonyl (C=O) groups is 1. The van der Waals surface area contributed by atoms with E-state index in [-0.39, 0.29) is 5.91 Å². The molecule has 1 fully saturated rings. The Morgan fingerprint density at radius 2 is 2.27 bits per heavy atom. The van der Waals surface area contributed by atoms with Crippen LogP contribution in [0.4, 0.5) is 11.6 Å². The summed E-state index contributed by atoms with van der Waals surface area (Å²) in [7, 11) is 0. The molecule has 6 heteroatoms. The molecule has 1 saturated heterocycles. The molecule has 3 N–H and O–H groups in total. The molecule has 1 aliphatic rings. The molecule has 1 aromatic rings. The number of rotatable bonds is 1. The molecule has 0 aromatic carbocycles. The molecule has 0 saturated carbocycles. The van der Waals surface area contributed by atoms with E-state index in [1.165, 1.54) is 6.20 Å². The normalized spacial score (nSPS) is 17.1. The van der Waals surface area contributed by atoms with Gasteiger partial charge < -0.3 is 16.0 Å². The summed E-state index contributed by atoms with van der Waals surface area (Å²) in [6, 6.07) is 0. The third-order valence-electron chi connectivity index (χ3n) is 2.24. The highest BCUT2D eigenvalue weighted by atomic mass is 16.2. The van der Waals surface area contributed by atoms with Crippen molar-refractivity contribution in [2.75, 3.05) is 30.3 Å². The standard InChI is InChI=1S/C9H13N5O/c10-7-4-13-8(5-12-7)14-3-1-2-11-9(15)6-14/h4-5H,1-3,6H2,(H2,10,12)(H,11,15). The van der Waals surface area contributed by atoms with E-state index in [1.54, 1.807) is 6.20 Å².